The maximum absolute atomic E-state index is 2.75. The molecule has 0 bridgehead atoms. The van der Waals surface area contributed by atoms with Crippen molar-refractivity contribution < 1.29 is 0 Å². The molecule has 0 unspecified atom stereocenters. The van der Waals surface area contributed by atoms with Crippen LogP contribution in [-0.2, 0) is 10.8 Å². The van der Waals surface area contributed by atoms with Gasteiger partial charge in [0.1, 0.15) is 0 Å². The molecule has 6 aliphatic rings. The summed E-state index contributed by atoms with van der Waals surface area (Å²) in [5.74, 6) is 0. The summed E-state index contributed by atoms with van der Waals surface area (Å²) in [4.78, 5) is 5.34. The highest BCUT2D eigenvalue weighted by Gasteiger charge is 2.56. The van der Waals surface area contributed by atoms with Crippen LogP contribution in [0.2, 0.25) is 0 Å². The second-order valence-corrected chi connectivity index (χ2v) is 26.9. The largest absolute Gasteiger partial charge is 0.311 e. The first-order valence-electron chi connectivity index (χ1n) is 33.7. The predicted molar refractivity (Wildman–Crippen MR) is 398 cm³/mol. The van der Waals surface area contributed by atoms with Crippen LogP contribution in [0.4, 0.5) is 34.1 Å². The smallest absolute Gasteiger partial charge is 0.252 e. The van der Waals surface area contributed by atoms with Gasteiger partial charge in [-0.3, -0.25) is 0 Å². The van der Waals surface area contributed by atoms with E-state index in [1.54, 1.807) is 0 Å². The van der Waals surface area contributed by atoms with E-state index in [1.165, 1.54) is 155 Å². The normalized spacial score (nSPS) is 14.4. The summed E-state index contributed by atoms with van der Waals surface area (Å²) in [6.45, 7) is -0.200. The van der Waals surface area contributed by atoms with Crippen LogP contribution in [0, 0.1) is 0 Å². The van der Waals surface area contributed by atoms with Crippen LogP contribution < -0.4 is 26.2 Å². The first-order valence-corrected chi connectivity index (χ1v) is 33.7. The fourth-order valence-electron chi connectivity index (χ4n) is 19.0. The van der Waals surface area contributed by atoms with Gasteiger partial charge in [0.15, 0.2) is 0 Å². The van der Waals surface area contributed by atoms with E-state index in [-0.39, 0.29) is 6.71 Å². The lowest BCUT2D eigenvalue weighted by atomic mass is 9.33. The quantitative estimate of drug-likeness (QED) is 0.159. The fraction of sp³-hybridized carbons (Fsp3) is 0.0217. The van der Waals surface area contributed by atoms with Crippen molar-refractivity contribution in [2.75, 3.05) is 9.80 Å². The molecule has 3 heterocycles. The van der Waals surface area contributed by atoms with Gasteiger partial charge in [-0.05, 0) is 177 Å². The van der Waals surface area contributed by atoms with Crippen molar-refractivity contribution in [1.29, 1.82) is 0 Å². The monoisotopic (exact) mass is 1210 g/mol. The van der Waals surface area contributed by atoms with Crippen LogP contribution in [0.5, 0.6) is 0 Å². The van der Waals surface area contributed by atoms with Gasteiger partial charge in [0.2, 0.25) is 0 Å². The lowest BCUT2D eigenvalue weighted by molar-refractivity contribution is 0.793. The maximum atomic E-state index is 2.75. The molecule has 2 spiro atoms. The van der Waals surface area contributed by atoms with Crippen molar-refractivity contribution in [2.45, 2.75) is 10.8 Å². The summed E-state index contributed by atoms with van der Waals surface area (Å²) >= 11 is 0. The Hall–Kier alpha value is -12.2. The zero-order chi connectivity index (χ0) is 62.5. The standard InChI is InChI=1S/C92H56BN3/c1-3-23-57(24-4-1)59-43-46-61(47-44-59)94-85-52-45-60(58-25-5-2-6-26-58)53-82(85)93-81-51-50-80-88(71-34-12-20-40-78(71)92(80)75-37-17-9-29-66(75)67-30-10-18-38-76(67)92)90(81)96(87-56-63(55-86(94)89(87)93)95-83-41-21-13-32-69(83)70-33-14-22-42-84(70)95)62-48-49-79-72(54-62)68-31-11-19-39-77(68)91(79)73-35-15-7-27-64(73)65-28-8-16-36-74(65)91/h1-56H. The number of hydrogen-bond donors (Lipinski definition) is 0. The predicted octanol–water partition coefficient (Wildman–Crippen LogP) is 20.9. The zero-order valence-electron chi connectivity index (χ0n) is 52.3. The second-order valence-electron chi connectivity index (χ2n) is 26.9. The number of benzene rings is 15. The molecule has 3 nitrogen and oxygen atoms in total. The molecule has 16 aromatic rings. The summed E-state index contributed by atoms with van der Waals surface area (Å²) in [5.41, 5.74) is 38.7. The van der Waals surface area contributed by atoms with Crippen molar-refractivity contribution in [3.05, 3.63) is 384 Å². The van der Waals surface area contributed by atoms with Crippen molar-refractivity contribution in [2.24, 2.45) is 0 Å². The van der Waals surface area contributed by atoms with Gasteiger partial charge in [-0.1, -0.05) is 285 Å². The third-order valence-corrected chi connectivity index (χ3v) is 22.6. The number of aromatic nitrogens is 1. The van der Waals surface area contributed by atoms with E-state index in [1.807, 2.05) is 0 Å². The van der Waals surface area contributed by atoms with Gasteiger partial charge in [0.25, 0.3) is 6.71 Å². The molecule has 96 heavy (non-hydrogen) atoms. The third-order valence-electron chi connectivity index (χ3n) is 22.6. The number of para-hydroxylation sites is 2. The van der Waals surface area contributed by atoms with Crippen molar-refractivity contribution in [1.82, 2.24) is 4.57 Å². The van der Waals surface area contributed by atoms with Crippen molar-refractivity contribution >= 4 is 79.0 Å². The topological polar surface area (TPSA) is 11.4 Å². The highest BCUT2D eigenvalue weighted by molar-refractivity contribution is 7.00. The van der Waals surface area contributed by atoms with Gasteiger partial charge in [0.05, 0.1) is 27.6 Å². The molecule has 4 aliphatic carbocycles. The Labute approximate surface area is 557 Å². The summed E-state index contributed by atoms with van der Waals surface area (Å²) in [6, 6.07) is 130. The van der Waals surface area contributed by atoms with Crippen LogP contribution in [0.1, 0.15) is 44.5 Å². The molecule has 15 aromatic carbocycles. The van der Waals surface area contributed by atoms with E-state index >= 15 is 0 Å². The molecule has 442 valence electrons. The van der Waals surface area contributed by atoms with Crippen LogP contribution >= 0.6 is 0 Å². The second kappa shape index (κ2) is 19.2. The van der Waals surface area contributed by atoms with Gasteiger partial charge < -0.3 is 14.4 Å². The van der Waals surface area contributed by atoms with Crippen molar-refractivity contribution in [3.8, 4) is 72.4 Å². The maximum Gasteiger partial charge on any atom is 0.252 e. The molecule has 0 saturated carbocycles. The molecule has 2 aliphatic heterocycles. The molecular formula is C92H56BN3. The minimum absolute atomic E-state index is 0.200. The van der Waals surface area contributed by atoms with Gasteiger partial charge >= 0.3 is 0 Å². The summed E-state index contributed by atoms with van der Waals surface area (Å²) in [7, 11) is 0. The molecule has 4 heteroatoms. The number of rotatable bonds is 5. The molecule has 0 amide bonds. The molecule has 0 saturated heterocycles. The van der Waals surface area contributed by atoms with Crippen LogP contribution in [-0.4, -0.2) is 11.3 Å². The number of anilines is 6. The van der Waals surface area contributed by atoms with E-state index < -0.39 is 10.8 Å². The van der Waals surface area contributed by atoms with E-state index in [0.29, 0.717) is 0 Å². The van der Waals surface area contributed by atoms with Gasteiger partial charge in [-0.25, -0.2) is 0 Å². The number of nitrogens with zero attached hydrogens (tertiary/aromatic N) is 3. The number of fused-ring (bicyclic) bond motifs is 28. The van der Waals surface area contributed by atoms with Crippen molar-refractivity contribution in [3.63, 3.8) is 0 Å². The summed E-state index contributed by atoms with van der Waals surface area (Å²) in [6.07, 6.45) is 0. The van der Waals surface area contributed by atoms with Gasteiger partial charge in [-0.2, -0.15) is 0 Å². The highest BCUT2D eigenvalue weighted by atomic mass is 15.2. The molecular weight excluding hydrogens is 1160 g/mol. The third kappa shape index (κ3) is 6.58. The van der Waals surface area contributed by atoms with Gasteiger partial charge in [-0.15, -0.1) is 0 Å². The number of hydrogen-bond acceptors (Lipinski definition) is 2. The van der Waals surface area contributed by atoms with Crippen LogP contribution in [0.3, 0.4) is 0 Å². The Morgan fingerprint density at radius 2 is 0.646 bits per heavy atom. The average molecular weight is 1210 g/mol. The Morgan fingerprint density at radius 3 is 1.21 bits per heavy atom. The van der Waals surface area contributed by atoms with E-state index in [2.05, 4.69) is 354 Å². The molecule has 0 atom stereocenters. The molecule has 0 N–H and O–H groups in total. The van der Waals surface area contributed by atoms with Crippen LogP contribution in [0.25, 0.3) is 94.3 Å². The lowest BCUT2D eigenvalue weighted by Crippen LogP contribution is -2.61. The average Bonchev–Trinajstić information content (AvgIpc) is 1.48. The Kier molecular flexibility index (Phi) is 10.5. The Balaban J connectivity index is 0.900. The molecule has 0 fully saturated rings. The van der Waals surface area contributed by atoms with E-state index in [0.717, 1.165) is 34.1 Å². The summed E-state index contributed by atoms with van der Waals surface area (Å²) < 4.78 is 2.54. The van der Waals surface area contributed by atoms with Crippen LogP contribution in [0.15, 0.2) is 340 Å². The fourth-order valence-corrected chi connectivity index (χ4v) is 19.0. The molecule has 0 radical (unpaired) electrons. The SMILES string of the molecule is c1ccc(-c2ccc(N3c4ccc(-c5ccccc5)cc4B4c5ccc6c(c5N(c5ccc7c(c5)-c5ccccc5C75c7ccccc7-c7ccccc75)c5cc(-n7c8ccccc8c8ccccc87)cc3c54)-c3ccccc3C63c4ccccc4-c4ccccc43)cc2)cc1. The molecule has 22 rings (SSSR count). The minimum Gasteiger partial charge on any atom is -0.311 e. The lowest BCUT2D eigenvalue weighted by Gasteiger charge is -2.45. The van der Waals surface area contributed by atoms with E-state index in [9.17, 15) is 0 Å². The zero-order valence-corrected chi connectivity index (χ0v) is 52.3. The molecule has 1 aromatic heterocycles. The Bertz CT molecular complexity index is 5910. The minimum atomic E-state index is -0.587. The summed E-state index contributed by atoms with van der Waals surface area (Å²) in [5, 5.41) is 2.45. The highest BCUT2D eigenvalue weighted by Crippen LogP contribution is 2.67. The first kappa shape index (κ1) is 52.3. The first-order chi connectivity index (χ1) is 47.7. The van der Waals surface area contributed by atoms with Gasteiger partial charge in [0, 0.05) is 50.5 Å². The van der Waals surface area contributed by atoms with E-state index in [4.69, 9.17) is 0 Å². The Morgan fingerprint density at radius 1 is 0.240 bits per heavy atom.